The molecule has 1 rings (SSSR count). The third-order valence-corrected chi connectivity index (χ3v) is 3.15. The maximum atomic E-state index is 10.7. The van der Waals surface area contributed by atoms with Crippen LogP contribution in [0.2, 0.25) is 0 Å². The minimum absolute atomic E-state index is 0.00877. The molecule has 4 N–H and O–H groups in total. The SMILES string of the molecule is O=S(=O)(O)c1c(O)c(O)cc(I)c1O. The number of phenolic OH excluding ortho intramolecular Hbond substituents is 3. The van der Waals surface area contributed by atoms with Crippen molar-refractivity contribution in [2.24, 2.45) is 0 Å². The van der Waals surface area contributed by atoms with Crippen LogP contribution in [0.3, 0.4) is 0 Å². The second-order valence-electron chi connectivity index (χ2n) is 2.38. The van der Waals surface area contributed by atoms with E-state index in [0.717, 1.165) is 6.07 Å². The maximum absolute atomic E-state index is 10.7. The van der Waals surface area contributed by atoms with E-state index in [0.29, 0.717) is 0 Å². The number of hydrogen-bond acceptors (Lipinski definition) is 5. The van der Waals surface area contributed by atoms with Crippen LogP contribution in [0, 0.1) is 3.57 Å². The third-order valence-electron chi connectivity index (χ3n) is 1.42. The Hall–Kier alpha value is -0.740. The standard InChI is InChI=1S/C6H5IO6S/c7-2-1-3(8)5(10)6(4(2)9)14(11,12)13/h1,8-10H,(H,11,12,13). The van der Waals surface area contributed by atoms with E-state index in [9.17, 15) is 13.5 Å². The average molecular weight is 332 g/mol. The molecule has 0 amide bonds. The Morgan fingerprint density at radius 2 is 1.64 bits per heavy atom. The predicted molar refractivity (Wildman–Crippen MR) is 54.0 cm³/mol. The Bertz CT molecular complexity index is 453. The minimum Gasteiger partial charge on any atom is -0.505 e. The molecular weight excluding hydrogens is 327 g/mol. The fourth-order valence-corrected chi connectivity index (χ4v) is 2.29. The lowest BCUT2D eigenvalue weighted by Crippen LogP contribution is -2.00. The van der Waals surface area contributed by atoms with Gasteiger partial charge in [-0.2, -0.15) is 8.42 Å². The number of aromatic hydroxyl groups is 3. The minimum atomic E-state index is -4.77. The maximum Gasteiger partial charge on any atom is 0.302 e. The monoisotopic (exact) mass is 332 g/mol. The second kappa shape index (κ2) is 3.44. The summed E-state index contributed by atoms with van der Waals surface area (Å²) >= 11 is 1.54. The molecule has 8 heteroatoms. The molecule has 0 spiro atoms. The van der Waals surface area contributed by atoms with Crippen molar-refractivity contribution in [2.45, 2.75) is 4.90 Å². The molecule has 78 valence electrons. The zero-order valence-corrected chi connectivity index (χ0v) is 9.44. The van der Waals surface area contributed by atoms with Gasteiger partial charge < -0.3 is 15.3 Å². The first kappa shape index (κ1) is 11.3. The van der Waals surface area contributed by atoms with E-state index in [4.69, 9.17) is 14.8 Å². The van der Waals surface area contributed by atoms with E-state index in [2.05, 4.69) is 0 Å². The van der Waals surface area contributed by atoms with Crippen LogP contribution in [0.15, 0.2) is 11.0 Å². The molecule has 0 aliphatic carbocycles. The van der Waals surface area contributed by atoms with Gasteiger partial charge in [-0.3, -0.25) is 4.55 Å². The van der Waals surface area contributed by atoms with E-state index in [1.807, 2.05) is 0 Å². The lowest BCUT2D eigenvalue weighted by Gasteiger charge is -2.07. The molecule has 1 aromatic carbocycles. The summed E-state index contributed by atoms with van der Waals surface area (Å²) in [7, 11) is -4.77. The highest BCUT2D eigenvalue weighted by molar-refractivity contribution is 14.1. The van der Waals surface area contributed by atoms with Crippen molar-refractivity contribution < 1.29 is 28.3 Å². The lowest BCUT2D eigenvalue weighted by molar-refractivity contribution is 0.372. The van der Waals surface area contributed by atoms with Crippen LogP contribution in [0.5, 0.6) is 17.2 Å². The number of phenols is 3. The molecule has 14 heavy (non-hydrogen) atoms. The van der Waals surface area contributed by atoms with Crippen molar-refractivity contribution >= 4 is 32.7 Å². The number of hydrogen-bond donors (Lipinski definition) is 4. The van der Waals surface area contributed by atoms with Crippen LogP contribution < -0.4 is 0 Å². The molecule has 0 atom stereocenters. The van der Waals surface area contributed by atoms with Crippen molar-refractivity contribution in [3.63, 3.8) is 0 Å². The fourth-order valence-electron chi connectivity index (χ4n) is 0.838. The number of rotatable bonds is 1. The van der Waals surface area contributed by atoms with Crippen LogP contribution in [-0.2, 0) is 10.1 Å². The van der Waals surface area contributed by atoms with Crippen LogP contribution in [0.4, 0.5) is 0 Å². The molecule has 0 unspecified atom stereocenters. The van der Waals surface area contributed by atoms with E-state index < -0.39 is 32.3 Å². The van der Waals surface area contributed by atoms with Crippen molar-refractivity contribution in [3.8, 4) is 17.2 Å². The Balaban J connectivity index is 3.74. The van der Waals surface area contributed by atoms with Gasteiger partial charge in [0.2, 0.25) is 0 Å². The molecule has 0 fully saturated rings. The van der Waals surface area contributed by atoms with Gasteiger partial charge in [-0.15, -0.1) is 0 Å². The summed E-state index contributed by atoms with van der Waals surface area (Å²) in [5.74, 6) is -2.62. The predicted octanol–water partition coefficient (Wildman–Crippen LogP) is 0.655. The first-order valence-electron chi connectivity index (χ1n) is 3.16. The fraction of sp³-hybridized carbons (Fsp3) is 0. The quantitative estimate of drug-likeness (QED) is 0.260. The van der Waals surface area contributed by atoms with Crippen molar-refractivity contribution in [2.75, 3.05) is 0 Å². The summed E-state index contributed by atoms with van der Waals surface area (Å²) in [5, 5.41) is 27.3. The molecule has 6 nitrogen and oxygen atoms in total. The highest BCUT2D eigenvalue weighted by atomic mass is 127. The molecule has 0 aliphatic rings. The van der Waals surface area contributed by atoms with Gasteiger partial charge in [-0.05, 0) is 22.6 Å². The molecule has 0 heterocycles. The van der Waals surface area contributed by atoms with Gasteiger partial charge in [0.1, 0.15) is 0 Å². The molecule has 0 radical (unpaired) electrons. The van der Waals surface area contributed by atoms with Gasteiger partial charge in [0.15, 0.2) is 22.1 Å². The average Bonchev–Trinajstić information content (AvgIpc) is 1.98. The van der Waals surface area contributed by atoms with Crippen LogP contribution in [0.1, 0.15) is 0 Å². The lowest BCUT2D eigenvalue weighted by atomic mass is 10.3. The Morgan fingerprint density at radius 1 is 1.14 bits per heavy atom. The van der Waals surface area contributed by atoms with E-state index in [-0.39, 0.29) is 3.57 Å². The Morgan fingerprint density at radius 3 is 2.07 bits per heavy atom. The molecule has 1 aromatic rings. The van der Waals surface area contributed by atoms with Gasteiger partial charge in [0.05, 0.1) is 3.57 Å². The zero-order valence-electron chi connectivity index (χ0n) is 6.47. The third kappa shape index (κ3) is 1.86. The van der Waals surface area contributed by atoms with Gasteiger partial charge >= 0.3 is 10.1 Å². The summed E-state index contributed by atoms with van der Waals surface area (Å²) in [4.78, 5) is -1.10. The highest BCUT2D eigenvalue weighted by Crippen LogP contribution is 2.41. The Labute approximate surface area is 92.7 Å². The van der Waals surface area contributed by atoms with Crippen LogP contribution in [-0.4, -0.2) is 28.3 Å². The van der Waals surface area contributed by atoms with Gasteiger partial charge in [-0.25, -0.2) is 0 Å². The van der Waals surface area contributed by atoms with Crippen LogP contribution in [0.25, 0.3) is 0 Å². The van der Waals surface area contributed by atoms with Crippen LogP contribution >= 0.6 is 22.6 Å². The summed E-state index contributed by atoms with van der Waals surface area (Å²) in [6.07, 6.45) is 0. The Kier molecular flexibility index (Phi) is 2.78. The van der Waals surface area contributed by atoms with Gasteiger partial charge in [-0.1, -0.05) is 0 Å². The second-order valence-corrected chi connectivity index (χ2v) is 4.90. The van der Waals surface area contributed by atoms with Gasteiger partial charge in [0.25, 0.3) is 0 Å². The first-order chi connectivity index (χ1) is 6.25. The molecule has 0 saturated heterocycles. The molecule has 0 saturated carbocycles. The highest BCUT2D eigenvalue weighted by Gasteiger charge is 2.25. The molecule has 0 aliphatic heterocycles. The van der Waals surface area contributed by atoms with Crippen molar-refractivity contribution in [1.82, 2.24) is 0 Å². The van der Waals surface area contributed by atoms with E-state index in [1.54, 1.807) is 0 Å². The molecular formula is C6H5IO6S. The summed E-state index contributed by atoms with van der Waals surface area (Å²) in [6, 6.07) is 0.958. The summed E-state index contributed by atoms with van der Waals surface area (Å²) < 4.78 is 30.0. The van der Waals surface area contributed by atoms with E-state index in [1.165, 1.54) is 22.6 Å². The smallest absolute Gasteiger partial charge is 0.302 e. The van der Waals surface area contributed by atoms with Crippen molar-refractivity contribution in [3.05, 3.63) is 9.64 Å². The molecule has 0 bridgehead atoms. The number of halogens is 1. The molecule has 0 aromatic heterocycles. The zero-order chi connectivity index (χ0) is 11.1. The van der Waals surface area contributed by atoms with Gasteiger partial charge in [0, 0.05) is 6.07 Å². The normalized spacial score (nSPS) is 11.6. The largest absolute Gasteiger partial charge is 0.505 e. The summed E-state index contributed by atoms with van der Waals surface area (Å²) in [6.45, 7) is 0. The topological polar surface area (TPSA) is 115 Å². The van der Waals surface area contributed by atoms with Crippen molar-refractivity contribution in [1.29, 1.82) is 0 Å². The van der Waals surface area contributed by atoms with E-state index >= 15 is 0 Å². The summed E-state index contributed by atoms with van der Waals surface area (Å²) in [5.41, 5.74) is 0. The first-order valence-corrected chi connectivity index (χ1v) is 5.68. The number of benzene rings is 1.